The molecule has 1 aliphatic rings. The Bertz CT molecular complexity index is 750. The largest absolute Gasteiger partial charge is 0.476 e. The summed E-state index contributed by atoms with van der Waals surface area (Å²) in [5.41, 5.74) is -0.723. The molecule has 1 heterocycles. The minimum Gasteiger partial charge on any atom is -0.476 e. The Labute approximate surface area is 177 Å². The molecule has 0 spiro atoms. The lowest BCUT2D eigenvalue weighted by atomic mass is 9.93. The quantitative estimate of drug-likeness (QED) is 0.439. The molecule has 2 unspecified atom stereocenters. The molecule has 0 bridgehead atoms. The summed E-state index contributed by atoms with van der Waals surface area (Å²) in [6, 6.07) is 9.82. The molecule has 0 fully saturated rings. The van der Waals surface area contributed by atoms with Crippen molar-refractivity contribution < 1.29 is 24.5 Å². The number of carboxylic acid groups (broad SMARTS) is 1. The van der Waals surface area contributed by atoms with Gasteiger partial charge in [0.05, 0.1) is 12.1 Å². The Morgan fingerprint density at radius 1 is 1.27 bits per heavy atom. The summed E-state index contributed by atoms with van der Waals surface area (Å²) in [5, 5.41) is 25.1. The van der Waals surface area contributed by atoms with Gasteiger partial charge in [0, 0.05) is 13.0 Å². The standard InChI is InChI=1S/C22H33N3O5/c1-16(10-12-23-20(27)28)13-18(26)24-14-22(29,19-25-21(2,3)15-30-19)11-9-17-7-5-4-6-8-17/h4-8,16,23,29H,9-15H2,1-3H3,(H,24,26)(H,27,28). The highest BCUT2D eigenvalue weighted by molar-refractivity contribution is 5.88. The number of aryl methyl sites for hydroxylation is 1. The lowest BCUT2D eigenvalue weighted by molar-refractivity contribution is -0.122. The molecule has 0 saturated carbocycles. The third-order valence-corrected chi connectivity index (χ3v) is 5.06. The number of ether oxygens (including phenoxy) is 1. The number of hydrogen-bond acceptors (Lipinski definition) is 5. The van der Waals surface area contributed by atoms with Crippen LogP contribution in [0.5, 0.6) is 0 Å². The molecule has 1 aromatic carbocycles. The SMILES string of the molecule is CC(CCNC(=O)O)CC(=O)NCC(O)(CCc1ccccc1)C1=NC(C)(C)CO1. The van der Waals surface area contributed by atoms with E-state index in [0.29, 0.717) is 32.4 Å². The van der Waals surface area contributed by atoms with E-state index in [4.69, 9.17) is 9.84 Å². The number of amides is 2. The van der Waals surface area contributed by atoms with Crippen LogP contribution in [-0.2, 0) is 16.0 Å². The van der Waals surface area contributed by atoms with E-state index in [2.05, 4.69) is 15.6 Å². The van der Waals surface area contributed by atoms with Gasteiger partial charge in [-0.2, -0.15) is 0 Å². The van der Waals surface area contributed by atoms with E-state index in [1.54, 1.807) is 0 Å². The zero-order valence-corrected chi connectivity index (χ0v) is 18.0. The fourth-order valence-electron chi connectivity index (χ4n) is 3.25. The van der Waals surface area contributed by atoms with Crippen molar-refractivity contribution in [3.05, 3.63) is 35.9 Å². The average molecular weight is 420 g/mol. The maximum atomic E-state index is 12.4. The Kier molecular flexibility index (Phi) is 8.23. The first kappa shape index (κ1) is 23.7. The number of carbonyl (C=O) groups excluding carboxylic acids is 1. The fourth-order valence-corrected chi connectivity index (χ4v) is 3.25. The Hall–Kier alpha value is -2.61. The number of benzene rings is 1. The smallest absolute Gasteiger partial charge is 0.404 e. The zero-order valence-electron chi connectivity index (χ0n) is 18.0. The molecular weight excluding hydrogens is 386 g/mol. The van der Waals surface area contributed by atoms with Crippen molar-refractivity contribution in [2.45, 2.75) is 57.6 Å². The number of hydrogen-bond donors (Lipinski definition) is 4. The van der Waals surface area contributed by atoms with Crippen molar-refractivity contribution in [1.82, 2.24) is 10.6 Å². The predicted molar refractivity (Wildman–Crippen MR) is 115 cm³/mol. The van der Waals surface area contributed by atoms with Crippen LogP contribution in [0.1, 0.15) is 45.6 Å². The van der Waals surface area contributed by atoms with E-state index in [1.165, 1.54) is 0 Å². The minimum absolute atomic E-state index is 0.00762. The second-order valence-corrected chi connectivity index (χ2v) is 8.64. The van der Waals surface area contributed by atoms with E-state index in [-0.39, 0.29) is 30.7 Å². The third kappa shape index (κ3) is 7.67. The van der Waals surface area contributed by atoms with Crippen LogP contribution >= 0.6 is 0 Å². The zero-order chi connectivity index (χ0) is 22.2. The van der Waals surface area contributed by atoms with Crippen molar-refractivity contribution in [2.75, 3.05) is 19.7 Å². The van der Waals surface area contributed by atoms with Crippen LogP contribution in [0.15, 0.2) is 35.3 Å². The first-order valence-corrected chi connectivity index (χ1v) is 10.3. The maximum absolute atomic E-state index is 12.4. The Morgan fingerprint density at radius 2 is 1.97 bits per heavy atom. The Balaban J connectivity index is 1.95. The second kappa shape index (κ2) is 10.4. The molecule has 166 valence electrons. The number of aliphatic hydroxyl groups is 1. The highest BCUT2D eigenvalue weighted by Gasteiger charge is 2.41. The van der Waals surface area contributed by atoms with Gasteiger partial charge in [-0.05, 0) is 44.6 Å². The molecule has 8 nitrogen and oxygen atoms in total. The van der Waals surface area contributed by atoms with Crippen LogP contribution in [0, 0.1) is 5.92 Å². The number of nitrogens with one attached hydrogen (secondary N) is 2. The van der Waals surface area contributed by atoms with Crippen LogP contribution in [0.4, 0.5) is 4.79 Å². The molecule has 0 radical (unpaired) electrons. The van der Waals surface area contributed by atoms with Crippen LogP contribution < -0.4 is 10.6 Å². The van der Waals surface area contributed by atoms with Crippen LogP contribution in [0.2, 0.25) is 0 Å². The summed E-state index contributed by atoms with van der Waals surface area (Å²) in [4.78, 5) is 27.4. The lowest BCUT2D eigenvalue weighted by Crippen LogP contribution is -2.49. The van der Waals surface area contributed by atoms with Gasteiger partial charge >= 0.3 is 6.09 Å². The summed E-state index contributed by atoms with van der Waals surface area (Å²) in [6.45, 7) is 6.44. The van der Waals surface area contributed by atoms with Gasteiger partial charge in [0.1, 0.15) is 6.61 Å². The van der Waals surface area contributed by atoms with Crippen molar-refractivity contribution in [2.24, 2.45) is 10.9 Å². The normalized spacial score (nSPS) is 17.9. The van der Waals surface area contributed by atoms with Gasteiger partial charge < -0.3 is 25.6 Å². The molecule has 8 heteroatoms. The molecular formula is C22H33N3O5. The molecule has 0 aliphatic carbocycles. The van der Waals surface area contributed by atoms with Crippen LogP contribution in [0.25, 0.3) is 0 Å². The summed E-state index contributed by atoms with van der Waals surface area (Å²) in [5.74, 6) is 0.0736. The first-order chi connectivity index (χ1) is 14.1. The Morgan fingerprint density at radius 3 is 2.57 bits per heavy atom. The molecule has 1 aliphatic heterocycles. The number of rotatable bonds is 11. The van der Waals surface area contributed by atoms with Gasteiger partial charge in [-0.15, -0.1) is 0 Å². The lowest BCUT2D eigenvalue weighted by Gasteiger charge is -2.28. The van der Waals surface area contributed by atoms with Crippen molar-refractivity contribution >= 4 is 17.9 Å². The fraction of sp³-hybridized carbons (Fsp3) is 0.591. The molecule has 0 aromatic heterocycles. The summed E-state index contributed by atoms with van der Waals surface area (Å²) in [7, 11) is 0. The first-order valence-electron chi connectivity index (χ1n) is 10.3. The van der Waals surface area contributed by atoms with Crippen LogP contribution in [0.3, 0.4) is 0 Å². The summed E-state index contributed by atoms with van der Waals surface area (Å²) < 4.78 is 5.70. The highest BCUT2D eigenvalue weighted by atomic mass is 16.5. The molecule has 4 N–H and O–H groups in total. The van der Waals surface area contributed by atoms with E-state index in [0.717, 1.165) is 5.56 Å². The van der Waals surface area contributed by atoms with Gasteiger partial charge in [-0.3, -0.25) is 4.79 Å². The van der Waals surface area contributed by atoms with Crippen molar-refractivity contribution in [1.29, 1.82) is 0 Å². The van der Waals surface area contributed by atoms with Crippen molar-refractivity contribution in [3.63, 3.8) is 0 Å². The summed E-state index contributed by atoms with van der Waals surface area (Å²) in [6.07, 6.45) is 0.712. The topological polar surface area (TPSA) is 120 Å². The molecule has 2 rings (SSSR count). The highest BCUT2D eigenvalue weighted by Crippen LogP contribution is 2.26. The number of nitrogens with zero attached hydrogens (tertiary/aromatic N) is 1. The number of aliphatic imine (C=N–C) groups is 1. The van der Waals surface area contributed by atoms with E-state index >= 15 is 0 Å². The van der Waals surface area contributed by atoms with Crippen LogP contribution in [-0.4, -0.2) is 58.9 Å². The molecule has 2 atom stereocenters. The van der Waals surface area contributed by atoms with Gasteiger partial charge in [0.2, 0.25) is 11.8 Å². The second-order valence-electron chi connectivity index (χ2n) is 8.64. The van der Waals surface area contributed by atoms with Gasteiger partial charge in [-0.25, -0.2) is 9.79 Å². The molecule has 30 heavy (non-hydrogen) atoms. The predicted octanol–water partition coefficient (Wildman–Crippen LogP) is 2.36. The van der Waals surface area contributed by atoms with E-state index in [9.17, 15) is 14.7 Å². The van der Waals surface area contributed by atoms with Gasteiger partial charge in [0.15, 0.2) is 5.60 Å². The molecule has 2 amide bonds. The van der Waals surface area contributed by atoms with Gasteiger partial charge in [0.25, 0.3) is 0 Å². The van der Waals surface area contributed by atoms with E-state index < -0.39 is 17.2 Å². The van der Waals surface area contributed by atoms with E-state index in [1.807, 2.05) is 51.1 Å². The maximum Gasteiger partial charge on any atom is 0.404 e. The number of carbonyl (C=O) groups is 2. The molecule has 0 saturated heterocycles. The monoisotopic (exact) mass is 419 g/mol. The van der Waals surface area contributed by atoms with Crippen molar-refractivity contribution in [3.8, 4) is 0 Å². The molecule has 1 aromatic rings. The minimum atomic E-state index is -1.40. The van der Waals surface area contributed by atoms with Gasteiger partial charge in [-0.1, -0.05) is 37.3 Å². The third-order valence-electron chi connectivity index (χ3n) is 5.06. The average Bonchev–Trinajstić information content (AvgIpc) is 3.06. The summed E-state index contributed by atoms with van der Waals surface area (Å²) >= 11 is 0.